The highest BCUT2D eigenvalue weighted by Crippen LogP contribution is 2.31. The van der Waals surface area contributed by atoms with Crippen LogP contribution in [0.1, 0.15) is 23.4 Å². The van der Waals surface area contributed by atoms with Gasteiger partial charge in [0.05, 0.1) is 33.9 Å². The fourth-order valence-electron chi connectivity index (χ4n) is 4.75. The summed E-state index contributed by atoms with van der Waals surface area (Å²) in [5, 5.41) is 9.85. The summed E-state index contributed by atoms with van der Waals surface area (Å²) in [5.41, 5.74) is 4.33. The second-order valence-corrected chi connectivity index (χ2v) is 11.6. The molecule has 9 heteroatoms. The van der Waals surface area contributed by atoms with Crippen molar-refractivity contribution in [2.24, 2.45) is 7.05 Å². The standard InChI is InChI=1S/C30H30N6O2S/c1-34(2)17-6-18-36(39(37,38)28-9-4-7-24-8-5-16-32-30(24)28)25-14-15-27-26(20-25)33-29(35(27)3)19-22-10-12-23(21-31)13-11-22/h4-5,7-16,20H,6,17-19H2,1-3H3. The van der Waals surface area contributed by atoms with E-state index in [4.69, 9.17) is 10.2 Å². The predicted octanol–water partition coefficient (Wildman–Crippen LogP) is 4.73. The van der Waals surface area contributed by atoms with Crippen molar-refractivity contribution < 1.29 is 8.42 Å². The number of anilines is 1. The van der Waals surface area contributed by atoms with Gasteiger partial charge in [0.25, 0.3) is 10.0 Å². The molecular formula is C30H30N6O2S. The van der Waals surface area contributed by atoms with Crippen molar-refractivity contribution in [1.29, 1.82) is 5.26 Å². The van der Waals surface area contributed by atoms with Gasteiger partial charge in [-0.05, 0) is 75.1 Å². The van der Waals surface area contributed by atoms with E-state index in [1.54, 1.807) is 36.5 Å². The fraction of sp³-hybridized carbons (Fsp3) is 0.233. The lowest BCUT2D eigenvalue weighted by atomic mass is 10.1. The summed E-state index contributed by atoms with van der Waals surface area (Å²) >= 11 is 0. The number of para-hydroxylation sites is 1. The topological polar surface area (TPSA) is 95.1 Å². The highest BCUT2D eigenvalue weighted by molar-refractivity contribution is 7.93. The van der Waals surface area contributed by atoms with Gasteiger partial charge in [-0.1, -0.05) is 30.3 Å². The number of aromatic nitrogens is 3. The number of nitriles is 1. The lowest BCUT2D eigenvalue weighted by molar-refractivity contribution is 0.403. The largest absolute Gasteiger partial charge is 0.331 e. The normalized spacial score (nSPS) is 11.8. The molecule has 39 heavy (non-hydrogen) atoms. The van der Waals surface area contributed by atoms with Crippen molar-refractivity contribution in [3.8, 4) is 6.07 Å². The Labute approximate surface area is 228 Å². The van der Waals surface area contributed by atoms with E-state index in [0.29, 0.717) is 36.2 Å². The van der Waals surface area contributed by atoms with Gasteiger partial charge in [-0.15, -0.1) is 0 Å². The predicted molar refractivity (Wildman–Crippen MR) is 154 cm³/mol. The van der Waals surface area contributed by atoms with Crippen molar-refractivity contribution in [3.63, 3.8) is 0 Å². The van der Waals surface area contributed by atoms with Crippen LogP contribution in [-0.4, -0.2) is 55.0 Å². The van der Waals surface area contributed by atoms with Crippen LogP contribution >= 0.6 is 0 Å². The van der Waals surface area contributed by atoms with Crippen molar-refractivity contribution in [2.75, 3.05) is 31.5 Å². The minimum Gasteiger partial charge on any atom is -0.331 e. The van der Waals surface area contributed by atoms with Gasteiger partial charge in [0.15, 0.2) is 0 Å². The molecule has 0 aliphatic heterocycles. The molecule has 0 N–H and O–H groups in total. The van der Waals surface area contributed by atoms with Gasteiger partial charge in [-0.3, -0.25) is 9.29 Å². The quantitative estimate of drug-likeness (QED) is 0.269. The van der Waals surface area contributed by atoms with Crippen LogP contribution in [0.25, 0.3) is 21.9 Å². The number of hydrogen-bond acceptors (Lipinski definition) is 6. The van der Waals surface area contributed by atoms with Crippen LogP contribution in [0.2, 0.25) is 0 Å². The summed E-state index contributed by atoms with van der Waals surface area (Å²) in [4.78, 5) is 11.5. The van der Waals surface area contributed by atoms with Gasteiger partial charge >= 0.3 is 0 Å². The van der Waals surface area contributed by atoms with Gasteiger partial charge in [-0.2, -0.15) is 5.26 Å². The maximum atomic E-state index is 14.1. The Balaban J connectivity index is 1.55. The van der Waals surface area contributed by atoms with Crippen LogP contribution in [-0.2, 0) is 23.5 Å². The van der Waals surface area contributed by atoms with Crippen LogP contribution in [0.5, 0.6) is 0 Å². The van der Waals surface area contributed by atoms with Gasteiger partial charge in [0.2, 0.25) is 0 Å². The number of sulfonamides is 1. The summed E-state index contributed by atoms with van der Waals surface area (Å²) in [5.74, 6) is 0.854. The first-order valence-corrected chi connectivity index (χ1v) is 14.2. The molecule has 5 rings (SSSR count). The van der Waals surface area contributed by atoms with Crippen LogP contribution < -0.4 is 4.31 Å². The molecule has 0 unspecified atom stereocenters. The molecule has 0 saturated carbocycles. The second-order valence-electron chi connectivity index (χ2n) is 9.81. The van der Waals surface area contributed by atoms with Crippen molar-refractivity contribution in [2.45, 2.75) is 17.7 Å². The lowest BCUT2D eigenvalue weighted by Crippen LogP contribution is -2.33. The molecule has 0 amide bonds. The van der Waals surface area contributed by atoms with Crippen LogP contribution in [0.15, 0.2) is 83.9 Å². The minimum atomic E-state index is -3.91. The number of hydrogen-bond donors (Lipinski definition) is 0. The molecule has 0 aliphatic rings. The van der Waals surface area contributed by atoms with Crippen molar-refractivity contribution in [3.05, 3.63) is 95.9 Å². The molecule has 0 radical (unpaired) electrons. The monoisotopic (exact) mass is 538 g/mol. The van der Waals surface area contributed by atoms with E-state index in [-0.39, 0.29) is 4.90 Å². The summed E-state index contributed by atoms with van der Waals surface area (Å²) in [6.45, 7) is 1.07. The first kappa shape index (κ1) is 26.4. The number of aryl methyl sites for hydroxylation is 1. The summed E-state index contributed by atoms with van der Waals surface area (Å²) < 4.78 is 31.8. The molecule has 0 bridgehead atoms. The third kappa shape index (κ3) is 5.35. The summed E-state index contributed by atoms with van der Waals surface area (Å²) in [7, 11) is 2.00. The molecule has 3 aromatic carbocycles. The molecule has 2 heterocycles. The third-order valence-electron chi connectivity index (χ3n) is 6.82. The molecule has 198 valence electrons. The smallest absolute Gasteiger partial charge is 0.266 e. The summed E-state index contributed by atoms with van der Waals surface area (Å²) in [6.07, 6.45) is 2.88. The Morgan fingerprint density at radius 2 is 1.74 bits per heavy atom. The Morgan fingerprint density at radius 1 is 0.974 bits per heavy atom. The van der Waals surface area contributed by atoms with E-state index in [9.17, 15) is 8.42 Å². The average molecular weight is 539 g/mol. The summed E-state index contributed by atoms with van der Waals surface area (Å²) in [6, 6.07) is 24.1. The van der Waals surface area contributed by atoms with Crippen molar-refractivity contribution in [1.82, 2.24) is 19.4 Å². The Morgan fingerprint density at radius 3 is 2.49 bits per heavy atom. The van der Waals surface area contributed by atoms with E-state index in [1.807, 2.05) is 73.1 Å². The SMILES string of the molecule is CN(C)CCCN(c1ccc2c(c1)nc(Cc1ccc(C#N)cc1)n2C)S(=O)(=O)c1cccc2cccnc12. The first-order chi connectivity index (χ1) is 18.8. The molecule has 0 fully saturated rings. The Hall–Kier alpha value is -4.26. The van der Waals surface area contributed by atoms with Gasteiger partial charge < -0.3 is 9.47 Å². The van der Waals surface area contributed by atoms with E-state index >= 15 is 0 Å². The number of fused-ring (bicyclic) bond motifs is 2. The Kier molecular flexibility index (Phi) is 7.33. The maximum Gasteiger partial charge on any atom is 0.266 e. The van der Waals surface area contributed by atoms with Crippen molar-refractivity contribution >= 4 is 37.6 Å². The first-order valence-electron chi connectivity index (χ1n) is 12.7. The number of nitrogens with zero attached hydrogens (tertiary/aromatic N) is 6. The molecule has 5 aromatic rings. The Bertz CT molecular complexity index is 1780. The van der Waals surface area contributed by atoms with Gasteiger partial charge in [0.1, 0.15) is 10.7 Å². The molecule has 0 saturated heterocycles. The molecule has 2 aromatic heterocycles. The zero-order valence-corrected chi connectivity index (χ0v) is 23.1. The van der Waals surface area contributed by atoms with Crippen LogP contribution in [0, 0.1) is 11.3 Å². The second kappa shape index (κ2) is 10.8. The lowest BCUT2D eigenvalue weighted by Gasteiger charge is -2.25. The van der Waals surface area contributed by atoms with E-state index in [1.165, 1.54) is 4.31 Å². The van der Waals surface area contributed by atoms with Gasteiger partial charge in [-0.25, -0.2) is 13.4 Å². The van der Waals surface area contributed by atoms with E-state index < -0.39 is 10.0 Å². The van der Waals surface area contributed by atoms with Gasteiger partial charge in [0, 0.05) is 31.6 Å². The van der Waals surface area contributed by atoms with Crippen LogP contribution in [0.3, 0.4) is 0 Å². The van der Waals surface area contributed by atoms with E-state index in [2.05, 4.69) is 11.1 Å². The minimum absolute atomic E-state index is 0.188. The molecule has 8 nitrogen and oxygen atoms in total. The molecule has 0 spiro atoms. The molecular weight excluding hydrogens is 508 g/mol. The maximum absolute atomic E-state index is 14.1. The van der Waals surface area contributed by atoms with Crippen LogP contribution in [0.4, 0.5) is 5.69 Å². The fourth-order valence-corrected chi connectivity index (χ4v) is 6.42. The van der Waals surface area contributed by atoms with E-state index in [0.717, 1.165) is 34.4 Å². The number of benzene rings is 3. The highest BCUT2D eigenvalue weighted by atomic mass is 32.2. The zero-order valence-electron chi connectivity index (χ0n) is 22.2. The number of rotatable bonds is 9. The average Bonchev–Trinajstić information content (AvgIpc) is 3.24. The zero-order chi connectivity index (χ0) is 27.6. The number of imidazole rings is 1. The molecule has 0 aliphatic carbocycles. The third-order valence-corrected chi connectivity index (χ3v) is 8.68. The highest BCUT2D eigenvalue weighted by Gasteiger charge is 2.28. The molecule has 0 atom stereocenters. The number of pyridine rings is 1.